The number of benzene rings is 1. The summed E-state index contributed by atoms with van der Waals surface area (Å²) in [5.41, 5.74) is 1.66. The van der Waals surface area contributed by atoms with E-state index in [0.717, 1.165) is 41.3 Å². The van der Waals surface area contributed by atoms with Crippen LogP contribution in [0, 0.1) is 0 Å². The molecule has 1 aliphatic carbocycles. The Morgan fingerprint density at radius 2 is 1.97 bits per heavy atom. The normalized spacial score (nSPS) is 14.4. The summed E-state index contributed by atoms with van der Waals surface area (Å²) in [6.07, 6.45) is 5.68. The third-order valence-corrected chi connectivity index (χ3v) is 7.32. The molecular formula is C22H22ClN3O2S2. The van der Waals surface area contributed by atoms with Crippen LogP contribution in [0.2, 0.25) is 5.02 Å². The van der Waals surface area contributed by atoms with Crippen LogP contribution < -0.4 is 10.6 Å². The van der Waals surface area contributed by atoms with Gasteiger partial charge in [-0.15, -0.1) is 22.7 Å². The van der Waals surface area contributed by atoms with Crippen molar-refractivity contribution in [1.29, 1.82) is 0 Å². The zero-order valence-corrected chi connectivity index (χ0v) is 18.7. The van der Waals surface area contributed by atoms with Crippen molar-refractivity contribution in [2.24, 2.45) is 0 Å². The standard InChI is InChI=1S/C22H22ClN3O2S2/c23-18-9-8-15(11-17(18)21(28)25-14-5-2-1-3-6-14)24-20(27)12-16-13-30-22(26-16)19-7-4-10-29-19/h4,7-11,13-14H,1-3,5-6,12H2,(H,24,27)(H,25,28). The lowest BCUT2D eigenvalue weighted by atomic mass is 9.95. The van der Waals surface area contributed by atoms with E-state index in [1.54, 1.807) is 29.5 Å². The van der Waals surface area contributed by atoms with Crippen molar-refractivity contribution in [3.05, 3.63) is 57.4 Å². The van der Waals surface area contributed by atoms with Crippen molar-refractivity contribution in [3.63, 3.8) is 0 Å². The Hall–Kier alpha value is -2.22. The number of anilines is 1. The van der Waals surface area contributed by atoms with Crippen molar-refractivity contribution in [2.75, 3.05) is 5.32 Å². The first kappa shape index (κ1) is 21.0. The topological polar surface area (TPSA) is 71.1 Å². The molecule has 2 N–H and O–H groups in total. The van der Waals surface area contributed by atoms with E-state index >= 15 is 0 Å². The van der Waals surface area contributed by atoms with E-state index in [-0.39, 0.29) is 24.3 Å². The predicted octanol–water partition coefficient (Wildman–Crippen LogP) is 5.77. The summed E-state index contributed by atoms with van der Waals surface area (Å²) >= 11 is 9.40. The number of thiophene rings is 1. The molecule has 8 heteroatoms. The Balaban J connectivity index is 1.38. The number of rotatable bonds is 6. The molecule has 1 fully saturated rings. The molecule has 2 aromatic heterocycles. The second kappa shape index (κ2) is 9.73. The van der Waals surface area contributed by atoms with Gasteiger partial charge in [-0.1, -0.05) is 36.9 Å². The average molecular weight is 460 g/mol. The molecule has 30 heavy (non-hydrogen) atoms. The molecule has 1 saturated carbocycles. The summed E-state index contributed by atoms with van der Waals surface area (Å²) in [4.78, 5) is 30.8. The van der Waals surface area contributed by atoms with Crippen LogP contribution in [0.4, 0.5) is 5.69 Å². The molecule has 1 aromatic carbocycles. The molecule has 0 atom stereocenters. The van der Waals surface area contributed by atoms with Crippen LogP contribution in [0.15, 0.2) is 41.1 Å². The molecule has 0 saturated heterocycles. The molecule has 0 aliphatic heterocycles. The Bertz CT molecular complexity index is 1030. The van der Waals surface area contributed by atoms with Crippen LogP contribution in [-0.2, 0) is 11.2 Å². The summed E-state index contributed by atoms with van der Waals surface area (Å²) < 4.78 is 0. The maximum absolute atomic E-state index is 12.7. The second-order valence-electron chi connectivity index (χ2n) is 7.35. The van der Waals surface area contributed by atoms with Gasteiger partial charge >= 0.3 is 0 Å². The highest BCUT2D eigenvalue weighted by atomic mass is 35.5. The van der Waals surface area contributed by atoms with Gasteiger partial charge in [0.25, 0.3) is 5.91 Å². The van der Waals surface area contributed by atoms with Gasteiger partial charge in [-0.05, 0) is 42.5 Å². The first-order valence-electron chi connectivity index (χ1n) is 9.97. The fourth-order valence-electron chi connectivity index (χ4n) is 3.56. The van der Waals surface area contributed by atoms with Gasteiger partial charge in [0.1, 0.15) is 5.01 Å². The number of nitrogens with zero attached hydrogens (tertiary/aromatic N) is 1. The van der Waals surface area contributed by atoms with Crippen molar-refractivity contribution in [3.8, 4) is 9.88 Å². The van der Waals surface area contributed by atoms with Gasteiger partial charge in [-0.3, -0.25) is 9.59 Å². The Morgan fingerprint density at radius 1 is 1.13 bits per heavy atom. The third-order valence-electron chi connectivity index (χ3n) is 5.06. The van der Waals surface area contributed by atoms with E-state index in [1.165, 1.54) is 17.8 Å². The molecule has 156 valence electrons. The summed E-state index contributed by atoms with van der Waals surface area (Å²) in [6, 6.07) is 9.18. The van der Waals surface area contributed by atoms with E-state index in [9.17, 15) is 9.59 Å². The van der Waals surface area contributed by atoms with E-state index in [4.69, 9.17) is 11.6 Å². The van der Waals surface area contributed by atoms with Gasteiger partial charge in [-0.25, -0.2) is 4.98 Å². The molecule has 1 aliphatic rings. The zero-order valence-electron chi connectivity index (χ0n) is 16.3. The minimum Gasteiger partial charge on any atom is -0.349 e. The van der Waals surface area contributed by atoms with Crippen molar-refractivity contribution < 1.29 is 9.59 Å². The molecule has 4 rings (SSSR count). The van der Waals surface area contributed by atoms with Gasteiger partial charge in [0.2, 0.25) is 5.91 Å². The first-order chi connectivity index (χ1) is 14.6. The molecule has 0 bridgehead atoms. The first-order valence-corrected chi connectivity index (χ1v) is 12.1. The highest BCUT2D eigenvalue weighted by Gasteiger charge is 2.19. The molecule has 0 radical (unpaired) electrons. The Morgan fingerprint density at radius 3 is 2.73 bits per heavy atom. The number of thiazole rings is 1. The monoisotopic (exact) mass is 459 g/mol. The summed E-state index contributed by atoms with van der Waals surface area (Å²) in [6.45, 7) is 0. The summed E-state index contributed by atoms with van der Waals surface area (Å²) in [5.74, 6) is -0.373. The number of hydrogen-bond acceptors (Lipinski definition) is 5. The maximum atomic E-state index is 12.7. The van der Waals surface area contributed by atoms with Crippen LogP contribution in [0.5, 0.6) is 0 Å². The van der Waals surface area contributed by atoms with Crippen LogP contribution in [0.1, 0.15) is 48.2 Å². The zero-order chi connectivity index (χ0) is 20.9. The third kappa shape index (κ3) is 5.28. The number of amides is 2. The number of carbonyl (C=O) groups is 2. The minimum absolute atomic E-state index is 0.175. The van der Waals surface area contributed by atoms with Crippen molar-refractivity contribution >= 4 is 51.8 Å². The highest BCUT2D eigenvalue weighted by molar-refractivity contribution is 7.20. The number of nitrogens with one attached hydrogen (secondary N) is 2. The molecular weight excluding hydrogens is 438 g/mol. The van der Waals surface area contributed by atoms with Gasteiger partial charge in [0, 0.05) is 17.1 Å². The lowest BCUT2D eigenvalue weighted by molar-refractivity contribution is -0.115. The quantitative estimate of drug-likeness (QED) is 0.491. The second-order valence-corrected chi connectivity index (χ2v) is 9.56. The van der Waals surface area contributed by atoms with Crippen LogP contribution in [0.3, 0.4) is 0 Å². The van der Waals surface area contributed by atoms with Gasteiger partial charge < -0.3 is 10.6 Å². The Kier molecular flexibility index (Phi) is 6.82. The fraction of sp³-hybridized carbons (Fsp3) is 0.318. The fourth-order valence-corrected chi connectivity index (χ4v) is 5.40. The number of halogens is 1. The average Bonchev–Trinajstić information content (AvgIpc) is 3.42. The summed E-state index contributed by atoms with van der Waals surface area (Å²) in [7, 11) is 0. The molecule has 3 aromatic rings. The number of carbonyl (C=O) groups excluding carboxylic acids is 2. The molecule has 0 spiro atoms. The van der Waals surface area contributed by atoms with Crippen molar-refractivity contribution in [1.82, 2.24) is 10.3 Å². The molecule has 5 nitrogen and oxygen atoms in total. The molecule has 2 amide bonds. The summed E-state index contributed by atoms with van der Waals surface area (Å²) in [5, 5.41) is 11.1. The smallest absolute Gasteiger partial charge is 0.253 e. The van der Waals surface area contributed by atoms with Crippen LogP contribution in [-0.4, -0.2) is 22.8 Å². The van der Waals surface area contributed by atoms with E-state index in [2.05, 4.69) is 15.6 Å². The SMILES string of the molecule is O=C(Cc1csc(-c2cccs2)n1)Nc1ccc(Cl)c(C(=O)NC2CCCCC2)c1. The minimum atomic E-state index is -0.192. The number of aromatic nitrogens is 1. The maximum Gasteiger partial charge on any atom is 0.253 e. The Labute approximate surface area is 188 Å². The highest BCUT2D eigenvalue weighted by Crippen LogP contribution is 2.28. The van der Waals surface area contributed by atoms with Gasteiger partial charge in [0.05, 0.1) is 27.6 Å². The lowest BCUT2D eigenvalue weighted by Crippen LogP contribution is -2.36. The van der Waals surface area contributed by atoms with E-state index < -0.39 is 0 Å². The lowest BCUT2D eigenvalue weighted by Gasteiger charge is -2.23. The van der Waals surface area contributed by atoms with Crippen LogP contribution in [0.25, 0.3) is 9.88 Å². The largest absolute Gasteiger partial charge is 0.349 e. The van der Waals surface area contributed by atoms with Gasteiger partial charge in [-0.2, -0.15) is 0 Å². The van der Waals surface area contributed by atoms with Gasteiger partial charge in [0.15, 0.2) is 0 Å². The van der Waals surface area contributed by atoms with E-state index in [1.807, 2.05) is 22.9 Å². The molecule has 0 unspecified atom stereocenters. The molecule has 2 heterocycles. The van der Waals surface area contributed by atoms with Crippen molar-refractivity contribution in [2.45, 2.75) is 44.6 Å². The van der Waals surface area contributed by atoms with Crippen LogP contribution >= 0.6 is 34.3 Å². The predicted molar refractivity (Wildman–Crippen MR) is 124 cm³/mol. The van der Waals surface area contributed by atoms with E-state index in [0.29, 0.717) is 16.3 Å². The number of hydrogen-bond donors (Lipinski definition) is 2.